The van der Waals surface area contributed by atoms with Crippen LogP contribution in [0, 0.1) is 5.82 Å². The molecule has 1 amide bonds. The molecular weight excluding hydrogens is 297 g/mol. The fraction of sp³-hybridized carbons (Fsp3) is 0.278. The van der Waals surface area contributed by atoms with Crippen LogP contribution in [0.1, 0.15) is 17.5 Å². The van der Waals surface area contributed by atoms with E-state index in [0.29, 0.717) is 12.8 Å². The SMILES string of the molecule is O=C(CCc1ccc(F)cc1)N[C@H](CO)Cc1ccc(O)cc1. The van der Waals surface area contributed by atoms with Crippen molar-refractivity contribution in [3.05, 3.63) is 65.5 Å². The van der Waals surface area contributed by atoms with Gasteiger partial charge in [-0.05, 0) is 48.2 Å². The first-order valence-electron chi connectivity index (χ1n) is 7.49. The van der Waals surface area contributed by atoms with Crippen LogP contribution in [0.25, 0.3) is 0 Å². The first kappa shape index (κ1) is 17.0. The molecule has 2 rings (SSSR count). The highest BCUT2D eigenvalue weighted by atomic mass is 19.1. The molecule has 23 heavy (non-hydrogen) atoms. The van der Waals surface area contributed by atoms with Crippen molar-refractivity contribution >= 4 is 5.91 Å². The summed E-state index contributed by atoms with van der Waals surface area (Å²) in [4.78, 5) is 12.0. The fourth-order valence-electron chi connectivity index (χ4n) is 2.29. The Kier molecular flexibility index (Phi) is 6.11. The Morgan fingerprint density at radius 2 is 1.65 bits per heavy atom. The number of halogens is 1. The van der Waals surface area contributed by atoms with Crippen molar-refractivity contribution < 1.29 is 19.4 Å². The Balaban J connectivity index is 1.82. The monoisotopic (exact) mass is 317 g/mol. The van der Waals surface area contributed by atoms with Crippen LogP contribution in [0.4, 0.5) is 4.39 Å². The van der Waals surface area contributed by atoms with Gasteiger partial charge in [0.25, 0.3) is 0 Å². The topological polar surface area (TPSA) is 69.6 Å². The lowest BCUT2D eigenvalue weighted by atomic mass is 10.1. The molecule has 0 aliphatic rings. The molecule has 5 heteroatoms. The lowest BCUT2D eigenvalue weighted by Crippen LogP contribution is -2.39. The van der Waals surface area contributed by atoms with Crippen LogP contribution < -0.4 is 5.32 Å². The summed E-state index contributed by atoms with van der Waals surface area (Å²) < 4.78 is 12.8. The van der Waals surface area contributed by atoms with Crippen LogP contribution in [-0.2, 0) is 17.6 Å². The lowest BCUT2D eigenvalue weighted by molar-refractivity contribution is -0.122. The second-order valence-electron chi connectivity index (χ2n) is 5.44. The second-order valence-corrected chi connectivity index (χ2v) is 5.44. The number of hydrogen-bond donors (Lipinski definition) is 3. The molecule has 0 aliphatic carbocycles. The molecule has 0 fully saturated rings. The van der Waals surface area contributed by atoms with Crippen molar-refractivity contribution in [2.24, 2.45) is 0 Å². The van der Waals surface area contributed by atoms with E-state index in [1.165, 1.54) is 12.1 Å². The normalized spacial score (nSPS) is 11.9. The van der Waals surface area contributed by atoms with E-state index >= 15 is 0 Å². The molecule has 2 aromatic carbocycles. The Bertz CT molecular complexity index is 626. The molecule has 0 unspecified atom stereocenters. The van der Waals surface area contributed by atoms with Crippen molar-refractivity contribution in [3.8, 4) is 5.75 Å². The molecule has 0 spiro atoms. The number of hydrogen-bond acceptors (Lipinski definition) is 3. The highest BCUT2D eigenvalue weighted by molar-refractivity contribution is 5.76. The molecule has 4 nitrogen and oxygen atoms in total. The van der Waals surface area contributed by atoms with E-state index < -0.39 is 0 Å². The van der Waals surface area contributed by atoms with Gasteiger partial charge in [-0.1, -0.05) is 24.3 Å². The van der Waals surface area contributed by atoms with Gasteiger partial charge in [0.2, 0.25) is 5.91 Å². The van der Waals surface area contributed by atoms with Crippen LogP contribution in [0.5, 0.6) is 5.75 Å². The smallest absolute Gasteiger partial charge is 0.220 e. The van der Waals surface area contributed by atoms with Crippen LogP contribution in [0.15, 0.2) is 48.5 Å². The molecule has 0 heterocycles. The minimum absolute atomic E-state index is 0.160. The fourth-order valence-corrected chi connectivity index (χ4v) is 2.29. The third-order valence-electron chi connectivity index (χ3n) is 3.56. The predicted molar refractivity (Wildman–Crippen MR) is 85.5 cm³/mol. The predicted octanol–water partition coefficient (Wildman–Crippen LogP) is 2.18. The van der Waals surface area contributed by atoms with Gasteiger partial charge in [-0.25, -0.2) is 4.39 Å². The number of amides is 1. The molecular formula is C18H20FNO3. The van der Waals surface area contributed by atoms with Gasteiger partial charge in [0.1, 0.15) is 11.6 Å². The van der Waals surface area contributed by atoms with Crippen molar-refractivity contribution in [2.75, 3.05) is 6.61 Å². The summed E-state index contributed by atoms with van der Waals surface area (Å²) in [6.07, 6.45) is 1.28. The van der Waals surface area contributed by atoms with E-state index in [1.807, 2.05) is 0 Å². The summed E-state index contributed by atoms with van der Waals surface area (Å²) in [6, 6.07) is 12.3. The quantitative estimate of drug-likeness (QED) is 0.733. The van der Waals surface area contributed by atoms with E-state index in [0.717, 1.165) is 11.1 Å². The highest BCUT2D eigenvalue weighted by Gasteiger charge is 2.12. The second kappa shape index (κ2) is 8.29. The molecule has 0 aromatic heterocycles. The van der Waals surface area contributed by atoms with Crippen LogP contribution in [0.3, 0.4) is 0 Å². The minimum Gasteiger partial charge on any atom is -0.508 e. The number of carbonyl (C=O) groups excluding carboxylic acids is 1. The molecule has 0 bridgehead atoms. The molecule has 1 atom stereocenters. The van der Waals surface area contributed by atoms with Gasteiger partial charge >= 0.3 is 0 Å². The number of benzene rings is 2. The molecule has 122 valence electrons. The van der Waals surface area contributed by atoms with Gasteiger partial charge in [-0.3, -0.25) is 4.79 Å². The van der Waals surface area contributed by atoms with Gasteiger partial charge in [0, 0.05) is 6.42 Å². The number of phenols is 1. The Morgan fingerprint density at radius 1 is 1.04 bits per heavy atom. The molecule has 0 saturated carbocycles. The van der Waals surface area contributed by atoms with Crippen molar-refractivity contribution in [1.29, 1.82) is 0 Å². The van der Waals surface area contributed by atoms with Crippen molar-refractivity contribution in [3.63, 3.8) is 0 Å². The van der Waals surface area contributed by atoms with Gasteiger partial charge in [-0.15, -0.1) is 0 Å². The van der Waals surface area contributed by atoms with E-state index in [4.69, 9.17) is 0 Å². The molecule has 2 aromatic rings. The summed E-state index contributed by atoms with van der Waals surface area (Å²) in [5.74, 6) is -0.280. The molecule has 0 saturated heterocycles. The van der Waals surface area contributed by atoms with E-state index in [2.05, 4.69) is 5.32 Å². The van der Waals surface area contributed by atoms with Crippen LogP contribution in [-0.4, -0.2) is 28.8 Å². The first-order valence-corrected chi connectivity index (χ1v) is 7.49. The van der Waals surface area contributed by atoms with Crippen molar-refractivity contribution in [2.45, 2.75) is 25.3 Å². The maximum Gasteiger partial charge on any atom is 0.220 e. The van der Waals surface area contributed by atoms with Gasteiger partial charge in [0.05, 0.1) is 12.6 Å². The number of nitrogens with one attached hydrogen (secondary N) is 1. The number of phenolic OH excluding ortho intramolecular Hbond substituents is 1. The van der Waals surface area contributed by atoms with E-state index in [9.17, 15) is 19.4 Å². The summed E-state index contributed by atoms with van der Waals surface area (Å²) in [7, 11) is 0. The Labute approximate surface area is 134 Å². The molecule has 0 radical (unpaired) electrons. The maximum atomic E-state index is 12.8. The van der Waals surface area contributed by atoms with Gasteiger partial charge < -0.3 is 15.5 Å². The summed E-state index contributed by atoms with van der Waals surface area (Å²) >= 11 is 0. The number of carbonyl (C=O) groups is 1. The Hall–Kier alpha value is -2.40. The van der Waals surface area contributed by atoms with Crippen LogP contribution in [0.2, 0.25) is 0 Å². The van der Waals surface area contributed by atoms with Crippen molar-refractivity contribution in [1.82, 2.24) is 5.32 Å². The lowest BCUT2D eigenvalue weighted by Gasteiger charge is -2.16. The maximum absolute atomic E-state index is 12.8. The Morgan fingerprint density at radius 3 is 2.26 bits per heavy atom. The zero-order valence-electron chi connectivity index (χ0n) is 12.7. The van der Waals surface area contributed by atoms with Crippen LogP contribution >= 0.6 is 0 Å². The average Bonchev–Trinajstić information content (AvgIpc) is 2.55. The first-order chi connectivity index (χ1) is 11.1. The zero-order valence-corrected chi connectivity index (χ0v) is 12.7. The summed E-state index contributed by atoms with van der Waals surface area (Å²) in [5, 5.41) is 21.4. The third-order valence-corrected chi connectivity index (χ3v) is 3.56. The third kappa shape index (κ3) is 5.71. The summed E-state index contributed by atoms with van der Waals surface area (Å²) in [6.45, 7) is -0.164. The molecule has 3 N–H and O–H groups in total. The number of aryl methyl sites for hydroxylation is 1. The molecule has 0 aliphatic heterocycles. The van der Waals surface area contributed by atoms with E-state index in [1.54, 1.807) is 36.4 Å². The van der Waals surface area contributed by atoms with Gasteiger partial charge in [-0.2, -0.15) is 0 Å². The number of aliphatic hydroxyl groups excluding tert-OH is 1. The standard InChI is InChI=1S/C18H20FNO3/c19-15-6-1-13(2-7-15)5-10-18(23)20-16(12-21)11-14-3-8-17(22)9-4-14/h1-4,6-9,16,21-22H,5,10-12H2,(H,20,23)/t16-/m0/s1. The number of aromatic hydroxyl groups is 1. The van der Waals surface area contributed by atoms with E-state index in [-0.39, 0.29) is 36.5 Å². The minimum atomic E-state index is -0.375. The zero-order chi connectivity index (χ0) is 16.7. The largest absolute Gasteiger partial charge is 0.508 e. The number of aliphatic hydroxyl groups is 1. The van der Waals surface area contributed by atoms with Gasteiger partial charge in [0.15, 0.2) is 0 Å². The average molecular weight is 317 g/mol. The highest BCUT2D eigenvalue weighted by Crippen LogP contribution is 2.11. The summed E-state index contributed by atoms with van der Waals surface area (Å²) in [5.41, 5.74) is 1.81. The number of rotatable bonds is 7.